The fourth-order valence-corrected chi connectivity index (χ4v) is 6.09. The van der Waals surface area contributed by atoms with E-state index < -0.39 is 0 Å². The lowest BCUT2D eigenvalue weighted by molar-refractivity contribution is 0.578. The van der Waals surface area contributed by atoms with Crippen LogP contribution >= 0.6 is 0 Å². The maximum Gasteiger partial charge on any atom is 0.0252 e. The standard InChI is InChI=1S/C22H16/c1-4-12-5-2-9-18-20(12)13(6-1)14-7-3-8-15-16-10-17(16)19-11-22(18,19)21(14)15/h1-9,16-17,19H,10-11H2. The Labute approximate surface area is 129 Å². The van der Waals surface area contributed by atoms with Crippen molar-refractivity contribution >= 4 is 10.8 Å². The van der Waals surface area contributed by atoms with Crippen LogP contribution in [0.4, 0.5) is 0 Å². The maximum absolute atomic E-state index is 2.42. The molecule has 4 aliphatic carbocycles. The summed E-state index contributed by atoms with van der Waals surface area (Å²) in [6.07, 6.45) is 2.83. The summed E-state index contributed by atoms with van der Waals surface area (Å²) in [5.41, 5.74) is 8.41. The van der Waals surface area contributed by atoms with E-state index in [1.165, 1.54) is 34.7 Å². The zero-order valence-electron chi connectivity index (χ0n) is 12.3. The van der Waals surface area contributed by atoms with Gasteiger partial charge in [-0.2, -0.15) is 0 Å². The molecular weight excluding hydrogens is 264 g/mol. The van der Waals surface area contributed by atoms with E-state index in [4.69, 9.17) is 0 Å². The molecular formula is C22H16. The van der Waals surface area contributed by atoms with Gasteiger partial charge < -0.3 is 0 Å². The molecule has 4 unspecified atom stereocenters. The third-order valence-corrected chi connectivity index (χ3v) is 6.99. The molecule has 1 spiro atoms. The Morgan fingerprint density at radius 3 is 2.64 bits per heavy atom. The van der Waals surface area contributed by atoms with Crippen LogP contribution in [0.3, 0.4) is 0 Å². The van der Waals surface area contributed by atoms with Gasteiger partial charge in [-0.15, -0.1) is 0 Å². The van der Waals surface area contributed by atoms with Crippen molar-refractivity contribution in [2.75, 3.05) is 0 Å². The first-order valence-electron chi connectivity index (χ1n) is 8.55. The van der Waals surface area contributed by atoms with Gasteiger partial charge in [0.05, 0.1) is 0 Å². The first kappa shape index (κ1) is 10.6. The number of rotatable bonds is 0. The molecule has 0 aromatic heterocycles. The molecule has 0 saturated heterocycles. The van der Waals surface area contributed by atoms with Gasteiger partial charge in [0.25, 0.3) is 0 Å². The Morgan fingerprint density at radius 2 is 1.68 bits per heavy atom. The van der Waals surface area contributed by atoms with Crippen LogP contribution in [0.25, 0.3) is 21.9 Å². The van der Waals surface area contributed by atoms with E-state index in [-0.39, 0.29) is 0 Å². The summed E-state index contributed by atoms with van der Waals surface area (Å²) in [6, 6.07) is 20.9. The van der Waals surface area contributed by atoms with Crippen molar-refractivity contribution < 1.29 is 0 Å². The minimum absolute atomic E-state index is 0.372. The highest BCUT2D eigenvalue weighted by molar-refractivity contribution is 6.04. The SMILES string of the molecule is c1cc2c3c(c1)C1CC1C1CC31c1cccc3cccc-2c13. The summed E-state index contributed by atoms with van der Waals surface area (Å²) >= 11 is 0. The Morgan fingerprint density at radius 1 is 0.864 bits per heavy atom. The van der Waals surface area contributed by atoms with Crippen LogP contribution in [0.5, 0.6) is 0 Å². The lowest BCUT2D eigenvalue weighted by Crippen LogP contribution is -2.23. The van der Waals surface area contributed by atoms with Crippen molar-refractivity contribution in [2.24, 2.45) is 11.8 Å². The molecule has 0 N–H and O–H groups in total. The van der Waals surface area contributed by atoms with Crippen LogP contribution in [-0.4, -0.2) is 0 Å². The fourth-order valence-electron chi connectivity index (χ4n) is 6.09. The second-order valence-electron chi connectivity index (χ2n) is 7.77. The molecule has 2 saturated carbocycles. The molecule has 22 heavy (non-hydrogen) atoms. The van der Waals surface area contributed by atoms with E-state index in [1.54, 1.807) is 16.7 Å². The number of hydrogen-bond donors (Lipinski definition) is 0. The van der Waals surface area contributed by atoms with Gasteiger partial charge in [0.2, 0.25) is 0 Å². The lowest BCUT2D eigenvalue weighted by Gasteiger charge is -2.34. The van der Waals surface area contributed by atoms with Crippen molar-refractivity contribution in [2.45, 2.75) is 24.2 Å². The summed E-state index contributed by atoms with van der Waals surface area (Å²) in [4.78, 5) is 0. The molecule has 104 valence electrons. The van der Waals surface area contributed by atoms with Crippen molar-refractivity contribution in [3.63, 3.8) is 0 Å². The topological polar surface area (TPSA) is 0 Å². The highest BCUT2D eigenvalue weighted by atomic mass is 14.7. The zero-order valence-corrected chi connectivity index (χ0v) is 12.3. The summed E-state index contributed by atoms with van der Waals surface area (Å²) in [5.74, 6) is 2.77. The Kier molecular flexibility index (Phi) is 1.45. The fraction of sp³-hybridized carbons (Fsp3) is 0.273. The minimum Gasteiger partial charge on any atom is -0.0613 e. The third-order valence-electron chi connectivity index (χ3n) is 6.99. The van der Waals surface area contributed by atoms with Crippen molar-refractivity contribution in [1.82, 2.24) is 0 Å². The quantitative estimate of drug-likeness (QED) is 0.528. The Bertz CT molecular complexity index is 1010. The van der Waals surface area contributed by atoms with Gasteiger partial charge >= 0.3 is 0 Å². The largest absolute Gasteiger partial charge is 0.0613 e. The summed E-state index contributed by atoms with van der Waals surface area (Å²) in [7, 11) is 0. The van der Waals surface area contributed by atoms with E-state index in [0.29, 0.717) is 5.41 Å². The molecule has 2 fully saturated rings. The number of fused-ring (bicyclic) bond motifs is 4. The second-order valence-corrected chi connectivity index (χ2v) is 7.77. The molecule has 0 bridgehead atoms. The molecule has 0 heteroatoms. The van der Waals surface area contributed by atoms with Gasteiger partial charge in [-0.05, 0) is 69.2 Å². The summed E-state index contributed by atoms with van der Waals surface area (Å²) < 4.78 is 0. The molecule has 0 heterocycles. The molecule has 0 amide bonds. The first-order valence-corrected chi connectivity index (χ1v) is 8.55. The normalized spacial score (nSPS) is 34.6. The van der Waals surface area contributed by atoms with Gasteiger partial charge in [0, 0.05) is 5.41 Å². The van der Waals surface area contributed by atoms with Gasteiger partial charge in [-0.3, -0.25) is 0 Å². The van der Waals surface area contributed by atoms with E-state index in [9.17, 15) is 0 Å². The smallest absolute Gasteiger partial charge is 0.0252 e. The summed E-state index contributed by atoms with van der Waals surface area (Å²) in [6.45, 7) is 0. The minimum atomic E-state index is 0.372. The Balaban J connectivity index is 1.76. The van der Waals surface area contributed by atoms with E-state index in [2.05, 4.69) is 54.6 Å². The summed E-state index contributed by atoms with van der Waals surface area (Å²) in [5, 5.41) is 2.96. The van der Waals surface area contributed by atoms with Crippen molar-refractivity contribution in [1.29, 1.82) is 0 Å². The molecule has 4 atom stereocenters. The third kappa shape index (κ3) is 0.914. The zero-order chi connectivity index (χ0) is 14.1. The predicted octanol–water partition coefficient (Wildman–Crippen LogP) is 5.24. The number of benzene rings is 3. The van der Waals surface area contributed by atoms with Crippen molar-refractivity contribution in [3.8, 4) is 11.1 Å². The molecule has 0 radical (unpaired) electrons. The van der Waals surface area contributed by atoms with Crippen molar-refractivity contribution in [3.05, 3.63) is 71.3 Å². The van der Waals surface area contributed by atoms with E-state index >= 15 is 0 Å². The molecule has 4 aliphatic rings. The van der Waals surface area contributed by atoms with Crippen LogP contribution in [0.2, 0.25) is 0 Å². The molecule has 7 rings (SSSR count). The van der Waals surface area contributed by atoms with Crippen LogP contribution in [0, 0.1) is 11.8 Å². The monoisotopic (exact) mass is 280 g/mol. The van der Waals surface area contributed by atoms with Gasteiger partial charge in [0.15, 0.2) is 0 Å². The van der Waals surface area contributed by atoms with Gasteiger partial charge in [0.1, 0.15) is 0 Å². The maximum atomic E-state index is 2.42. The van der Waals surface area contributed by atoms with Crippen LogP contribution in [-0.2, 0) is 5.41 Å². The van der Waals surface area contributed by atoms with Crippen LogP contribution in [0.15, 0.2) is 54.6 Å². The van der Waals surface area contributed by atoms with E-state index in [0.717, 1.165) is 17.8 Å². The van der Waals surface area contributed by atoms with Gasteiger partial charge in [-0.1, -0.05) is 54.6 Å². The molecule has 0 nitrogen and oxygen atoms in total. The highest BCUT2D eigenvalue weighted by Crippen LogP contribution is 2.78. The lowest BCUT2D eigenvalue weighted by atomic mass is 9.69. The van der Waals surface area contributed by atoms with Gasteiger partial charge in [-0.25, -0.2) is 0 Å². The first-order chi connectivity index (χ1) is 10.9. The molecule has 3 aromatic rings. The number of hydrogen-bond acceptors (Lipinski definition) is 0. The highest BCUT2D eigenvalue weighted by Gasteiger charge is 2.70. The molecule has 3 aromatic carbocycles. The average Bonchev–Trinajstić information content (AvgIpc) is 3.44. The van der Waals surface area contributed by atoms with Crippen LogP contribution in [0.1, 0.15) is 35.4 Å². The second kappa shape index (κ2) is 3.01. The van der Waals surface area contributed by atoms with Crippen LogP contribution < -0.4 is 0 Å². The average molecular weight is 280 g/mol. The van der Waals surface area contributed by atoms with E-state index in [1.807, 2.05) is 0 Å². The predicted molar refractivity (Wildman–Crippen MR) is 89.1 cm³/mol. The Hall–Kier alpha value is -2.08. The molecule has 0 aliphatic heterocycles.